The Kier molecular flexibility index (Phi) is 5.76. The van der Waals surface area contributed by atoms with Gasteiger partial charge in [-0.2, -0.15) is 0 Å². The van der Waals surface area contributed by atoms with Crippen LogP contribution in [0, 0.1) is 12.8 Å². The second-order valence-electron chi connectivity index (χ2n) is 7.41. The number of anilines is 1. The summed E-state index contributed by atoms with van der Waals surface area (Å²) < 4.78 is 5.35. The maximum atomic E-state index is 12.8. The molecule has 0 aromatic carbocycles. The van der Waals surface area contributed by atoms with E-state index in [1.54, 1.807) is 0 Å². The number of carboxylic acid groups (broad SMARTS) is 1. The number of ether oxygens (including phenoxy) is 1. The first-order valence-corrected chi connectivity index (χ1v) is 9.27. The van der Waals surface area contributed by atoms with Gasteiger partial charge in [0.1, 0.15) is 5.82 Å². The maximum absolute atomic E-state index is 12.8. The van der Waals surface area contributed by atoms with Gasteiger partial charge in [-0.05, 0) is 44.2 Å². The maximum Gasteiger partial charge on any atom is 0.305 e. The highest BCUT2D eigenvalue weighted by molar-refractivity contribution is 5.81. The lowest BCUT2D eigenvalue weighted by molar-refractivity contribution is -0.141. The van der Waals surface area contributed by atoms with E-state index in [0.717, 1.165) is 37.3 Å². The Bertz CT molecular complexity index is 633. The highest BCUT2D eigenvalue weighted by Gasteiger charge is 2.38. The lowest BCUT2D eigenvalue weighted by Gasteiger charge is -2.39. The molecule has 2 fully saturated rings. The van der Waals surface area contributed by atoms with E-state index in [1.807, 2.05) is 25.3 Å². The summed E-state index contributed by atoms with van der Waals surface area (Å²) in [4.78, 5) is 30.7. The summed E-state index contributed by atoms with van der Waals surface area (Å²) in [6.07, 6.45) is 4.42. The predicted octanol–water partition coefficient (Wildman–Crippen LogP) is 1.75. The lowest BCUT2D eigenvalue weighted by Crippen LogP contribution is -2.55. The Morgan fingerprint density at radius 1 is 1.31 bits per heavy atom. The number of hydrogen-bond acceptors (Lipinski definition) is 5. The second kappa shape index (κ2) is 8.03. The zero-order valence-electron chi connectivity index (χ0n) is 15.2. The Balaban J connectivity index is 1.57. The number of nitrogens with one attached hydrogen (secondary N) is 1. The standard InChI is InChI=1S/C19H27N3O4/c1-14-2-3-16(20-13-14)22-8-4-15(5-9-22)18(25)21-19(12-17(23)24)6-10-26-11-7-19/h2-3,13,15H,4-12H2,1H3,(H,21,25)(H,23,24). The minimum absolute atomic E-state index is 0.0235. The molecule has 7 nitrogen and oxygen atoms in total. The third-order valence-electron chi connectivity index (χ3n) is 5.41. The van der Waals surface area contributed by atoms with Gasteiger partial charge in [0, 0.05) is 38.4 Å². The summed E-state index contributed by atoms with van der Waals surface area (Å²) >= 11 is 0. The molecule has 7 heteroatoms. The van der Waals surface area contributed by atoms with Crippen LogP contribution in [-0.4, -0.2) is 53.8 Å². The van der Waals surface area contributed by atoms with Crippen LogP contribution < -0.4 is 10.2 Å². The molecular formula is C19H27N3O4. The van der Waals surface area contributed by atoms with Crippen molar-refractivity contribution in [2.45, 2.75) is 44.6 Å². The summed E-state index contributed by atoms with van der Waals surface area (Å²) in [6.45, 7) is 4.55. The molecule has 0 bridgehead atoms. The topological polar surface area (TPSA) is 91.8 Å². The summed E-state index contributed by atoms with van der Waals surface area (Å²) in [5.41, 5.74) is 0.458. The van der Waals surface area contributed by atoms with Gasteiger partial charge in [-0.1, -0.05) is 6.07 Å². The quantitative estimate of drug-likeness (QED) is 0.830. The molecule has 2 saturated heterocycles. The molecule has 0 saturated carbocycles. The predicted molar refractivity (Wildman–Crippen MR) is 97.1 cm³/mol. The van der Waals surface area contributed by atoms with Gasteiger partial charge < -0.3 is 20.1 Å². The number of carboxylic acids is 1. The molecule has 0 unspecified atom stereocenters. The van der Waals surface area contributed by atoms with Crippen molar-refractivity contribution >= 4 is 17.7 Å². The molecule has 3 heterocycles. The van der Waals surface area contributed by atoms with Crippen LogP contribution in [0.25, 0.3) is 0 Å². The zero-order chi connectivity index (χ0) is 18.6. The molecule has 2 aliphatic heterocycles. The van der Waals surface area contributed by atoms with Gasteiger partial charge in [-0.3, -0.25) is 9.59 Å². The van der Waals surface area contributed by atoms with E-state index >= 15 is 0 Å². The SMILES string of the molecule is Cc1ccc(N2CCC(C(=O)NC3(CC(=O)O)CCOCC3)CC2)nc1. The molecule has 2 N–H and O–H groups in total. The molecule has 1 amide bonds. The first-order valence-electron chi connectivity index (χ1n) is 9.27. The van der Waals surface area contributed by atoms with Gasteiger partial charge >= 0.3 is 5.97 Å². The average molecular weight is 361 g/mol. The highest BCUT2D eigenvalue weighted by Crippen LogP contribution is 2.27. The molecule has 0 aliphatic carbocycles. The number of amides is 1. The number of carbonyl (C=O) groups is 2. The number of pyridine rings is 1. The minimum Gasteiger partial charge on any atom is -0.481 e. The van der Waals surface area contributed by atoms with Crippen molar-refractivity contribution in [2.75, 3.05) is 31.2 Å². The Hall–Kier alpha value is -2.15. The number of hydrogen-bond donors (Lipinski definition) is 2. The fourth-order valence-corrected chi connectivity index (χ4v) is 3.78. The van der Waals surface area contributed by atoms with Gasteiger partial charge in [0.15, 0.2) is 0 Å². The monoisotopic (exact) mass is 361 g/mol. The number of piperidine rings is 1. The van der Waals surface area contributed by atoms with Crippen molar-refractivity contribution in [3.8, 4) is 0 Å². The van der Waals surface area contributed by atoms with E-state index in [9.17, 15) is 14.7 Å². The highest BCUT2D eigenvalue weighted by atomic mass is 16.5. The van der Waals surface area contributed by atoms with E-state index in [1.165, 1.54) is 0 Å². The summed E-state index contributed by atoms with van der Waals surface area (Å²) in [7, 11) is 0. The molecule has 26 heavy (non-hydrogen) atoms. The number of rotatable bonds is 5. The molecule has 142 valence electrons. The van der Waals surface area contributed by atoms with Crippen molar-refractivity contribution in [3.63, 3.8) is 0 Å². The lowest BCUT2D eigenvalue weighted by atomic mass is 9.85. The van der Waals surface area contributed by atoms with E-state index in [-0.39, 0.29) is 18.2 Å². The molecule has 0 spiro atoms. The number of carbonyl (C=O) groups excluding carboxylic acids is 1. The fourth-order valence-electron chi connectivity index (χ4n) is 3.78. The van der Waals surface area contributed by atoms with Gasteiger partial charge in [-0.15, -0.1) is 0 Å². The van der Waals surface area contributed by atoms with Crippen molar-refractivity contribution in [1.82, 2.24) is 10.3 Å². The second-order valence-corrected chi connectivity index (χ2v) is 7.41. The first-order chi connectivity index (χ1) is 12.5. The Morgan fingerprint density at radius 2 is 2.00 bits per heavy atom. The summed E-state index contributed by atoms with van der Waals surface area (Å²) in [5.74, 6) is -0.0384. The van der Waals surface area contributed by atoms with Crippen LogP contribution in [0.2, 0.25) is 0 Å². The summed E-state index contributed by atoms with van der Waals surface area (Å²) in [5, 5.41) is 12.3. The molecule has 2 aliphatic rings. The van der Waals surface area contributed by atoms with Gasteiger partial charge in [0.05, 0.1) is 12.0 Å². The Morgan fingerprint density at radius 3 is 2.58 bits per heavy atom. The summed E-state index contributed by atoms with van der Waals surface area (Å²) in [6, 6.07) is 4.06. The van der Waals surface area contributed by atoms with Crippen LogP contribution in [0.3, 0.4) is 0 Å². The number of aromatic nitrogens is 1. The molecular weight excluding hydrogens is 334 g/mol. The van der Waals surface area contributed by atoms with Crippen LogP contribution in [0.1, 0.15) is 37.7 Å². The number of aliphatic carboxylic acids is 1. The zero-order valence-corrected chi connectivity index (χ0v) is 15.2. The van der Waals surface area contributed by atoms with Crippen molar-refractivity contribution in [3.05, 3.63) is 23.9 Å². The minimum atomic E-state index is -0.882. The normalized spacial score (nSPS) is 20.6. The van der Waals surface area contributed by atoms with E-state index < -0.39 is 11.5 Å². The third-order valence-corrected chi connectivity index (χ3v) is 5.41. The van der Waals surface area contributed by atoms with Crippen LogP contribution in [0.15, 0.2) is 18.3 Å². The average Bonchev–Trinajstić information content (AvgIpc) is 2.62. The molecule has 0 atom stereocenters. The smallest absolute Gasteiger partial charge is 0.305 e. The van der Waals surface area contributed by atoms with Crippen LogP contribution >= 0.6 is 0 Å². The third kappa shape index (κ3) is 4.52. The van der Waals surface area contributed by atoms with Crippen LogP contribution in [-0.2, 0) is 14.3 Å². The molecule has 1 aromatic heterocycles. The molecule has 1 aromatic rings. The molecule has 3 rings (SSSR count). The van der Waals surface area contributed by atoms with E-state index in [2.05, 4.69) is 15.2 Å². The van der Waals surface area contributed by atoms with Crippen molar-refractivity contribution in [2.24, 2.45) is 5.92 Å². The first kappa shape index (κ1) is 18.6. The fraction of sp³-hybridized carbons (Fsp3) is 0.632. The number of nitrogens with zero attached hydrogens (tertiary/aromatic N) is 2. The molecule has 0 radical (unpaired) electrons. The van der Waals surface area contributed by atoms with E-state index in [0.29, 0.717) is 26.1 Å². The van der Waals surface area contributed by atoms with Gasteiger partial charge in [0.25, 0.3) is 0 Å². The largest absolute Gasteiger partial charge is 0.481 e. The van der Waals surface area contributed by atoms with Crippen molar-refractivity contribution < 1.29 is 19.4 Å². The Labute approximate surface area is 153 Å². The van der Waals surface area contributed by atoms with Crippen molar-refractivity contribution in [1.29, 1.82) is 0 Å². The van der Waals surface area contributed by atoms with Gasteiger partial charge in [-0.25, -0.2) is 4.98 Å². The number of aryl methyl sites for hydroxylation is 1. The van der Waals surface area contributed by atoms with Crippen LogP contribution in [0.5, 0.6) is 0 Å². The van der Waals surface area contributed by atoms with Gasteiger partial charge in [0.2, 0.25) is 5.91 Å². The van der Waals surface area contributed by atoms with E-state index in [4.69, 9.17) is 4.74 Å². The van der Waals surface area contributed by atoms with Crippen LogP contribution in [0.4, 0.5) is 5.82 Å².